The molecule has 0 unspecified atom stereocenters. The Bertz CT molecular complexity index is 614. The molecule has 108 valence electrons. The second-order valence-electron chi connectivity index (χ2n) is 5.55. The van der Waals surface area contributed by atoms with E-state index in [1.165, 1.54) is 18.4 Å². The predicted molar refractivity (Wildman–Crippen MR) is 84.5 cm³/mol. The van der Waals surface area contributed by atoms with Gasteiger partial charge < -0.3 is 14.5 Å². The number of hydrogen-bond donors (Lipinski definition) is 1. The van der Waals surface area contributed by atoms with Gasteiger partial charge in [0.2, 0.25) is 0 Å². The van der Waals surface area contributed by atoms with Crippen molar-refractivity contribution in [3.05, 3.63) is 27.9 Å². The molecule has 20 heavy (non-hydrogen) atoms. The maximum Gasteiger partial charge on any atom is 0.177 e. The minimum atomic E-state index is 0.753. The third-order valence-corrected chi connectivity index (χ3v) is 5.03. The van der Waals surface area contributed by atoms with Gasteiger partial charge in [-0.3, -0.25) is 0 Å². The van der Waals surface area contributed by atoms with Crippen molar-refractivity contribution in [1.82, 2.24) is 5.32 Å². The predicted octanol–water partition coefficient (Wildman–Crippen LogP) is 4.05. The van der Waals surface area contributed by atoms with Crippen molar-refractivity contribution >= 4 is 26.9 Å². The van der Waals surface area contributed by atoms with Gasteiger partial charge in [-0.25, -0.2) is 0 Å². The average Bonchev–Trinajstić information content (AvgIpc) is 2.85. The number of hydrogen-bond acceptors (Lipinski definition) is 3. The van der Waals surface area contributed by atoms with Crippen molar-refractivity contribution in [3.63, 3.8) is 0 Å². The first-order valence-corrected chi connectivity index (χ1v) is 7.94. The molecule has 1 fully saturated rings. The van der Waals surface area contributed by atoms with Gasteiger partial charge in [0.15, 0.2) is 11.3 Å². The molecule has 1 aromatic heterocycles. The van der Waals surface area contributed by atoms with Crippen LogP contribution in [0.2, 0.25) is 0 Å². The molecule has 4 heteroatoms. The molecule has 3 rings (SSSR count). The standard InChI is InChI=1S/C16H20BrNO2/c1-10-7-13-15(17)12(8-11-3-5-18-6-4-11)9-14(19-2)16(13)20-10/h7,9,11,18H,3-6,8H2,1-2H3. The quantitative estimate of drug-likeness (QED) is 0.917. The van der Waals surface area contributed by atoms with Gasteiger partial charge in [0, 0.05) is 9.86 Å². The van der Waals surface area contributed by atoms with Gasteiger partial charge in [-0.15, -0.1) is 0 Å². The Kier molecular flexibility index (Phi) is 4.03. The van der Waals surface area contributed by atoms with Crippen LogP contribution in [0.3, 0.4) is 0 Å². The number of nitrogens with one attached hydrogen (secondary N) is 1. The summed E-state index contributed by atoms with van der Waals surface area (Å²) in [6.45, 7) is 4.23. The molecule has 1 aromatic carbocycles. The molecule has 0 atom stereocenters. The summed E-state index contributed by atoms with van der Waals surface area (Å²) in [5.41, 5.74) is 2.16. The minimum Gasteiger partial charge on any atom is -0.493 e. The maximum absolute atomic E-state index is 5.75. The fourth-order valence-corrected chi connectivity index (χ4v) is 3.59. The highest BCUT2D eigenvalue weighted by atomic mass is 79.9. The lowest BCUT2D eigenvalue weighted by molar-refractivity contribution is 0.371. The van der Waals surface area contributed by atoms with E-state index in [4.69, 9.17) is 9.15 Å². The van der Waals surface area contributed by atoms with Gasteiger partial charge in [-0.1, -0.05) is 0 Å². The number of benzene rings is 1. The van der Waals surface area contributed by atoms with Crippen LogP contribution < -0.4 is 10.1 Å². The van der Waals surface area contributed by atoms with Crippen LogP contribution in [-0.2, 0) is 6.42 Å². The lowest BCUT2D eigenvalue weighted by atomic mass is 9.90. The lowest BCUT2D eigenvalue weighted by Gasteiger charge is -2.23. The number of rotatable bonds is 3. The fourth-order valence-electron chi connectivity index (χ4n) is 3.02. The number of aryl methyl sites for hydroxylation is 1. The fraction of sp³-hybridized carbons (Fsp3) is 0.500. The summed E-state index contributed by atoms with van der Waals surface area (Å²) < 4.78 is 12.4. The number of piperidine rings is 1. The van der Waals surface area contributed by atoms with E-state index >= 15 is 0 Å². The SMILES string of the molecule is COc1cc(CC2CCNCC2)c(Br)c2cc(C)oc12. The van der Waals surface area contributed by atoms with Crippen LogP contribution in [0, 0.1) is 12.8 Å². The Hall–Kier alpha value is -1.00. The van der Waals surface area contributed by atoms with E-state index < -0.39 is 0 Å². The normalized spacial score (nSPS) is 16.8. The van der Waals surface area contributed by atoms with E-state index in [1.54, 1.807) is 7.11 Å². The molecule has 2 aromatic rings. The summed E-state index contributed by atoms with van der Waals surface area (Å²) in [4.78, 5) is 0. The second kappa shape index (κ2) is 5.78. The molecule has 0 aliphatic carbocycles. The van der Waals surface area contributed by atoms with Crippen LogP contribution in [0.5, 0.6) is 5.75 Å². The smallest absolute Gasteiger partial charge is 0.177 e. The van der Waals surface area contributed by atoms with Gasteiger partial charge in [-0.05, 0) is 78.8 Å². The monoisotopic (exact) mass is 337 g/mol. The molecule has 0 spiro atoms. The molecule has 0 saturated carbocycles. The Balaban J connectivity index is 1.99. The highest BCUT2D eigenvalue weighted by Gasteiger charge is 2.19. The molecular formula is C16H20BrNO2. The van der Waals surface area contributed by atoms with Crippen molar-refractivity contribution in [2.45, 2.75) is 26.2 Å². The molecule has 1 aliphatic heterocycles. The van der Waals surface area contributed by atoms with Crippen molar-refractivity contribution in [3.8, 4) is 5.75 Å². The molecule has 0 amide bonds. The van der Waals surface area contributed by atoms with E-state index in [9.17, 15) is 0 Å². The van der Waals surface area contributed by atoms with Crippen LogP contribution >= 0.6 is 15.9 Å². The highest BCUT2D eigenvalue weighted by Crippen LogP contribution is 2.38. The summed E-state index contributed by atoms with van der Waals surface area (Å²) in [5, 5.41) is 4.54. The Morgan fingerprint density at radius 3 is 2.80 bits per heavy atom. The summed E-state index contributed by atoms with van der Waals surface area (Å²) in [6.07, 6.45) is 3.59. The van der Waals surface area contributed by atoms with Crippen LogP contribution in [0.1, 0.15) is 24.2 Å². The van der Waals surface area contributed by atoms with Gasteiger partial charge in [0.1, 0.15) is 5.76 Å². The molecule has 0 bridgehead atoms. The van der Waals surface area contributed by atoms with E-state index in [-0.39, 0.29) is 0 Å². The van der Waals surface area contributed by atoms with Crippen molar-refractivity contribution in [1.29, 1.82) is 0 Å². The summed E-state index contributed by atoms with van der Waals surface area (Å²) in [5.74, 6) is 2.50. The van der Waals surface area contributed by atoms with E-state index in [0.29, 0.717) is 0 Å². The van der Waals surface area contributed by atoms with Crippen LogP contribution in [-0.4, -0.2) is 20.2 Å². The largest absolute Gasteiger partial charge is 0.493 e. The Labute approximate surface area is 127 Å². The Morgan fingerprint density at radius 2 is 2.10 bits per heavy atom. The first-order chi connectivity index (χ1) is 9.69. The number of furan rings is 1. The van der Waals surface area contributed by atoms with Crippen LogP contribution in [0.15, 0.2) is 21.0 Å². The van der Waals surface area contributed by atoms with Crippen LogP contribution in [0.4, 0.5) is 0 Å². The zero-order valence-electron chi connectivity index (χ0n) is 12.0. The minimum absolute atomic E-state index is 0.753. The molecular weight excluding hydrogens is 318 g/mol. The number of methoxy groups -OCH3 is 1. The van der Waals surface area contributed by atoms with Gasteiger partial charge in [0.25, 0.3) is 0 Å². The maximum atomic E-state index is 5.75. The van der Waals surface area contributed by atoms with E-state index in [2.05, 4.69) is 33.4 Å². The van der Waals surface area contributed by atoms with E-state index in [0.717, 1.165) is 52.4 Å². The van der Waals surface area contributed by atoms with Gasteiger partial charge in [0.05, 0.1) is 7.11 Å². The zero-order chi connectivity index (χ0) is 14.1. The summed E-state index contributed by atoms with van der Waals surface area (Å²) >= 11 is 3.75. The van der Waals surface area contributed by atoms with Gasteiger partial charge in [-0.2, -0.15) is 0 Å². The highest BCUT2D eigenvalue weighted by molar-refractivity contribution is 9.10. The first kappa shape index (κ1) is 14.0. The zero-order valence-corrected chi connectivity index (χ0v) is 13.5. The average molecular weight is 338 g/mol. The Morgan fingerprint density at radius 1 is 1.35 bits per heavy atom. The molecule has 1 N–H and O–H groups in total. The molecule has 0 radical (unpaired) electrons. The van der Waals surface area contributed by atoms with Crippen molar-refractivity contribution < 1.29 is 9.15 Å². The first-order valence-electron chi connectivity index (χ1n) is 7.15. The third kappa shape index (κ3) is 2.59. The molecule has 1 aliphatic rings. The lowest BCUT2D eigenvalue weighted by Crippen LogP contribution is -2.28. The summed E-state index contributed by atoms with van der Waals surface area (Å²) in [6, 6.07) is 4.20. The number of fused-ring (bicyclic) bond motifs is 1. The van der Waals surface area contributed by atoms with Crippen LogP contribution in [0.25, 0.3) is 11.0 Å². The van der Waals surface area contributed by atoms with Crippen molar-refractivity contribution in [2.24, 2.45) is 5.92 Å². The molecule has 1 saturated heterocycles. The topological polar surface area (TPSA) is 34.4 Å². The second-order valence-corrected chi connectivity index (χ2v) is 6.34. The van der Waals surface area contributed by atoms with Crippen molar-refractivity contribution in [2.75, 3.05) is 20.2 Å². The van der Waals surface area contributed by atoms with E-state index in [1.807, 2.05) is 6.92 Å². The number of halogens is 1. The summed E-state index contributed by atoms with van der Waals surface area (Å²) in [7, 11) is 1.70. The van der Waals surface area contributed by atoms with Gasteiger partial charge >= 0.3 is 0 Å². The molecule has 2 heterocycles. The third-order valence-electron chi connectivity index (χ3n) is 4.09. The molecule has 3 nitrogen and oxygen atoms in total. The number of ether oxygens (including phenoxy) is 1.